The fourth-order valence-corrected chi connectivity index (χ4v) is 4.44. The summed E-state index contributed by atoms with van der Waals surface area (Å²) >= 11 is 0. The van der Waals surface area contributed by atoms with Crippen molar-refractivity contribution in [2.45, 2.75) is 4.90 Å². The molecule has 3 aromatic carbocycles. The summed E-state index contributed by atoms with van der Waals surface area (Å²) in [7, 11) is -2.24. The molecule has 0 atom stereocenters. The fourth-order valence-electron chi connectivity index (χ4n) is 3.23. The Morgan fingerprint density at radius 2 is 1.72 bits per heavy atom. The predicted molar refractivity (Wildman–Crippen MR) is 123 cm³/mol. The van der Waals surface area contributed by atoms with Crippen molar-refractivity contribution in [2.75, 3.05) is 18.6 Å². The van der Waals surface area contributed by atoms with Gasteiger partial charge in [-0.2, -0.15) is 13.5 Å². The van der Waals surface area contributed by atoms with Crippen molar-refractivity contribution >= 4 is 33.7 Å². The average molecular weight is 449 g/mol. The van der Waals surface area contributed by atoms with E-state index in [0.717, 1.165) is 11.3 Å². The van der Waals surface area contributed by atoms with Crippen LogP contribution in [0.4, 0.5) is 5.69 Å². The van der Waals surface area contributed by atoms with E-state index in [0.29, 0.717) is 11.3 Å². The van der Waals surface area contributed by atoms with Crippen molar-refractivity contribution in [1.29, 1.82) is 0 Å². The number of hydrazone groups is 1. The molecule has 0 fully saturated rings. The van der Waals surface area contributed by atoms with Crippen LogP contribution in [0.25, 0.3) is 0 Å². The number of carbonyl (C=O) groups is 1. The lowest BCUT2D eigenvalue weighted by Gasteiger charge is -2.23. The van der Waals surface area contributed by atoms with Crippen molar-refractivity contribution in [3.63, 3.8) is 0 Å². The molecule has 0 aliphatic carbocycles. The number of benzene rings is 3. The number of rotatable bonds is 6. The smallest absolute Gasteiger partial charge is 0.285 e. The molecule has 0 bridgehead atoms. The highest BCUT2D eigenvalue weighted by Crippen LogP contribution is 2.29. The third-order valence-electron chi connectivity index (χ3n) is 4.76. The summed E-state index contributed by atoms with van der Waals surface area (Å²) in [6, 6.07) is 22.7. The third-order valence-corrected chi connectivity index (χ3v) is 6.08. The van der Waals surface area contributed by atoms with Crippen LogP contribution in [0.3, 0.4) is 0 Å². The molecule has 0 unspecified atom stereocenters. The Balaban J connectivity index is 1.56. The van der Waals surface area contributed by atoms with Gasteiger partial charge in [0.2, 0.25) is 0 Å². The molecule has 1 heterocycles. The number of hydrogen-bond acceptors (Lipinski definition) is 6. The maximum atomic E-state index is 12.7. The Morgan fingerprint density at radius 1 is 1.03 bits per heavy atom. The van der Waals surface area contributed by atoms with E-state index in [1.165, 1.54) is 12.3 Å². The number of ether oxygens (including phenoxy) is 1. The summed E-state index contributed by atoms with van der Waals surface area (Å²) in [4.78, 5) is 14.3. The number of para-hydroxylation sites is 1. The van der Waals surface area contributed by atoms with Gasteiger partial charge in [0.15, 0.2) is 5.84 Å². The second-order valence-electron chi connectivity index (χ2n) is 6.87. The van der Waals surface area contributed by atoms with E-state index in [1.807, 2.05) is 6.07 Å². The van der Waals surface area contributed by atoms with Gasteiger partial charge >= 0.3 is 0 Å². The Bertz CT molecular complexity index is 1290. The molecule has 162 valence electrons. The average Bonchev–Trinajstić information content (AvgIpc) is 3.09. The topological polar surface area (TPSA) is 100 Å². The van der Waals surface area contributed by atoms with Gasteiger partial charge in [0.05, 0.1) is 13.3 Å². The number of methoxy groups -OCH3 is 1. The lowest BCUT2D eigenvalue weighted by Crippen LogP contribution is -2.39. The Morgan fingerprint density at radius 3 is 2.44 bits per heavy atom. The number of hydrogen-bond donors (Lipinski definition) is 1. The second kappa shape index (κ2) is 9.03. The van der Waals surface area contributed by atoms with Crippen molar-refractivity contribution in [3.8, 4) is 5.75 Å². The van der Waals surface area contributed by atoms with Crippen molar-refractivity contribution in [2.24, 2.45) is 9.50 Å². The summed E-state index contributed by atoms with van der Waals surface area (Å²) in [6.07, 6.45) is 1.51. The van der Waals surface area contributed by atoms with Crippen LogP contribution in [0.2, 0.25) is 0 Å². The minimum atomic E-state index is -3.83. The van der Waals surface area contributed by atoms with Crippen LogP contribution < -0.4 is 15.1 Å². The molecule has 0 radical (unpaired) electrons. The van der Waals surface area contributed by atoms with Gasteiger partial charge in [0.25, 0.3) is 15.9 Å². The van der Waals surface area contributed by atoms with Gasteiger partial charge in [0, 0.05) is 11.3 Å². The van der Waals surface area contributed by atoms with Crippen LogP contribution in [-0.2, 0) is 14.8 Å². The van der Waals surface area contributed by atoms with E-state index in [2.05, 4.69) is 14.9 Å². The van der Waals surface area contributed by atoms with Crippen LogP contribution in [0.1, 0.15) is 11.1 Å². The van der Waals surface area contributed by atoms with Crippen LogP contribution in [0.15, 0.2) is 93.3 Å². The zero-order chi connectivity index (χ0) is 22.6. The lowest BCUT2D eigenvalue weighted by atomic mass is 10.1. The van der Waals surface area contributed by atoms with Gasteiger partial charge in [0.1, 0.15) is 17.2 Å². The summed E-state index contributed by atoms with van der Waals surface area (Å²) < 4.78 is 34.1. The summed E-state index contributed by atoms with van der Waals surface area (Å²) in [5, 5.41) is 3.99. The highest BCUT2D eigenvalue weighted by molar-refractivity contribution is 7.90. The van der Waals surface area contributed by atoms with E-state index >= 15 is 0 Å². The first-order chi connectivity index (χ1) is 15.5. The lowest BCUT2D eigenvalue weighted by molar-refractivity contribution is -0.119. The van der Waals surface area contributed by atoms with Gasteiger partial charge < -0.3 is 9.64 Å². The van der Waals surface area contributed by atoms with Crippen LogP contribution in [0.5, 0.6) is 5.75 Å². The van der Waals surface area contributed by atoms with Crippen LogP contribution in [-0.4, -0.2) is 40.0 Å². The molecule has 1 N–H and O–H groups in total. The number of fused-ring (bicyclic) bond motifs is 1. The molecule has 0 saturated heterocycles. The first kappa shape index (κ1) is 21.3. The van der Waals surface area contributed by atoms with Gasteiger partial charge in [-0.3, -0.25) is 4.79 Å². The SMILES string of the molecule is COc1ccc(C=NNC(=O)CN(C2=NS(=O)(=O)c3ccccc32)c2ccccc2)cc1. The number of sulfonamides is 1. The standard InChI is InChI=1S/C23H20N4O4S/c1-31-19-13-11-17(12-14-19)15-24-25-22(28)16-27(18-7-3-2-4-8-18)23-20-9-5-6-10-21(20)32(29,30)26-23/h2-15H,16H2,1H3,(H,25,28). The molecule has 8 nitrogen and oxygen atoms in total. The first-order valence-corrected chi connectivity index (χ1v) is 11.1. The monoisotopic (exact) mass is 448 g/mol. The minimum Gasteiger partial charge on any atom is -0.497 e. The van der Waals surface area contributed by atoms with Crippen LogP contribution >= 0.6 is 0 Å². The molecule has 1 aliphatic heterocycles. The normalized spacial score (nSPS) is 14.0. The number of carbonyl (C=O) groups excluding carboxylic acids is 1. The Labute approximate surface area is 185 Å². The third kappa shape index (κ3) is 4.52. The Kier molecular flexibility index (Phi) is 6.00. The van der Waals surface area contributed by atoms with Gasteiger partial charge in [-0.15, -0.1) is 4.40 Å². The number of amidine groups is 1. The zero-order valence-corrected chi connectivity index (χ0v) is 18.0. The molecule has 1 amide bonds. The zero-order valence-electron chi connectivity index (χ0n) is 17.2. The van der Waals surface area contributed by atoms with E-state index in [4.69, 9.17) is 4.74 Å². The highest BCUT2D eigenvalue weighted by atomic mass is 32.2. The molecular weight excluding hydrogens is 428 g/mol. The molecule has 3 aromatic rings. The number of anilines is 1. The summed E-state index contributed by atoms with van der Waals surface area (Å²) in [5.74, 6) is 0.487. The molecule has 4 rings (SSSR count). The minimum absolute atomic E-state index is 0.119. The second-order valence-corrected chi connectivity index (χ2v) is 8.45. The maximum absolute atomic E-state index is 12.7. The molecule has 0 aromatic heterocycles. The van der Waals surface area contributed by atoms with E-state index < -0.39 is 15.9 Å². The quantitative estimate of drug-likeness (QED) is 0.462. The first-order valence-electron chi connectivity index (χ1n) is 9.71. The molecule has 0 saturated carbocycles. The van der Waals surface area contributed by atoms with Gasteiger partial charge in [-0.25, -0.2) is 5.43 Å². The van der Waals surface area contributed by atoms with Crippen LogP contribution in [0, 0.1) is 0 Å². The largest absolute Gasteiger partial charge is 0.497 e. The van der Waals surface area contributed by atoms with Crippen molar-refractivity contribution < 1.29 is 17.9 Å². The molecule has 32 heavy (non-hydrogen) atoms. The number of nitrogens with zero attached hydrogens (tertiary/aromatic N) is 3. The van der Waals surface area contributed by atoms with Crippen molar-refractivity contribution in [3.05, 3.63) is 90.0 Å². The predicted octanol–water partition coefficient (Wildman–Crippen LogP) is 2.80. The summed E-state index contributed by atoms with van der Waals surface area (Å²) in [6.45, 7) is -0.174. The van der Waals surface area contributed by atoms with Gasteiger partial charge in [-0.05, 0) is 54.1 Å². The molecule has 9 heteroatoms. The van der Waals surface area contributed by atoms with E-state index in [9.17, 15) is 13.2 Å². The molecular formula is C23H20N4O4S. The molecule has 1 aliphatic rings. The van der Waals surface area contributed by atoms with E-state index in [-0.39, 0.29) is 17.3 Å². The molecule has 0 spiro atoms. The fraction of sp³-hybridized carbons (Fsp3) is 0.0870. The van der Waals surface area contributed by atoms with Gasteiger partial charge in [-0.1, -0.05) is 30.3 Å². The number of nitrogens with one attached hydrogen (secondary N) is 1. The number of amides is 1. The van der Waals surface area contributed by atoms with Crippen molar-refractivity contribution in [1.82, 2.24) is 5.43 Å². The maximum Gasteiger partial charge on any atom is 0.285 e. The summed E-state index contributed by atoms with van der Waals surface area (Å²) in [5.41, 5.74) is 4.35. The highest BCUT2D eigenvalue weighted by Gasteiger charge is 2.32. The Hall–Kier alpha value is -3.98. The van der Waals surface area contributed by atoms with E-state index in [1.54, 1.807) is 78.7 Å².